The summed E-state index contributed by atoms with van der Waals surface area (Å²) in [6, 6.07) is 10.3. The maximum atomic E-state index is 5.75. The van der Waals surface area contributed by atoms with E-state index in [-0.39, 0.29) is 0 Å². The Hall–Kier alpha value is -2.97. The van der Waals surface area contributed by atoms with Gasteiger partial charge in [-0.15, -0.1) is 0 Å². The molecular formula is C25H29N3O2. The quantitative estimate of drug-likeness (QED) is 0.542. The SMILES string of the molecule is CC[C@H]1CCN(c2cc(-c3ccc(OCCNC)cc3)nc3c2=C=C=C(OC)C=3)C1. The van der Waals surface area contributed by atoms with Gasteiger partial charge in [-0.05, 0) is 55.4 Å². The average molecular weight is 404 g/mol. The topological polar surface area (TPSA) is 46.6 Å². The second kappa shape index (κ2) is 9.23. The maximum Gasteiger partial charge on any atom is 0.172 e. The lowest BCUT2D eigenvalue weighted by Gasteiger charge is -2.20. The first-order chi connectivity index (χ1) is 14.7. The van der Waals surface area contributed by atoms with Gasteiger partial charge in [0.2, 0.25) is 0 Å². The molecule has 0 saturated carbocycles. The predicted octanol–water partition coefficient (Wildman–Crippen LogP) is 2.44. The third-order valence-corrected chi connectivity index (χ3v) is 5.80. The van der Waals surface area contributed by atoms with Crippen molar-refractivity contribution in [2.75, 3.05) is 45.3 Å². The average Bonchev–Trinajstić information content (AvgIpc) is 3.28. The van der Waals surface area contributed by atoms with Crippen molar-refractivity contribution in [2.24, 2.45) is 5.92 Å². The lowest BCUT2D eigenvalue weighted by molar-refractivity contribution is 0.314. The largest absolute Gasteiger partial charge is 0.492 e. The molecule has 1 fully saturated rings. The van der Waals surface area contributed by atoms with Crippen molar-refractivity contribution in [1.82, 2.24) is 10.3 Å². The van der Waals surface area contributed by atoms with Gasteiger partial charge in [0.05, 0.1) is 29.1 Å². The Balaban J connectivity index is 1.73. The van der Waals surface area contributed by atoms with Crippen LogP contribution in [0.2, 0.25) is 0 Å². The Morgan fingerprint density at radius 2 is 2.07 bits per heavy atom. The highest BCUT2D eigenvalue weighted by atomic mass is 16.5. The number of hydrogen-bond donors (Lipinski definition) is 1. The molecule has 1 aromatic carbocycles. The van der Waals surface area contributed by atoms with Crippen molar-refractivity contribution in [2.45, 2.75) is 19.8 Å². The summed E-state index contributed by atoms with van der Waals surface area (Å²) in [5, 5.41) is 4.97. The molecule has 156 valence electrons. The summed E-state index contributed by atoms with van der Waals surface area (Å²) in [6.45, 7) is 5.88. The van der Waals surface area contributed by atoms with Crippen LogP contribution < -0.4 is 25.5 Å². The molecule has 30 heavy (non-hydrogen) atoms. The van der Waals surface area contributed by atoms with E-state index in [9.17, 15) is 0 Å². The van der Waals surface area contributed by atoms with Crippen molar-refractivity contribution < 1.29 is 9.47 Å². The van der Waals surface area contributed by atoms with E-state index >= 15 is 0 Å². The Morgan fingerprint density at radius 3 is 2.77 bits per heavy atom. The Kier molecular flexibility index (Phi) is 6.25. The number of methoxy groups -OCH3 is 1. The van der Waals surface area contributed by atoms with E-state index in [1.807, 2.05) is 25.3 Å². The molecule has 1 atom stereocenters. The second-order valence-electron chi connectivity index (χ2n) is 7.73. The molecule has 5 heteroatoms. The van der Waals surface area contributed by atoms with E-state index in [4.69, 9.17) is 14.5 Å². The normalized spacial score (nSPS) is 17.1. The molecule has 1 aliphatic carbocycles. The molecule has 1 aliphatic heterocycles. The van der Waals surface area contributed by atoms with Crippen LogP contribution in [-0.2, 0) is 4.74 Å². The number of allylic oxidation sites excluding steroid dienone is 1. The summed E-state index contributed by atoms with van der Waals surface area (Å²) in [5.74, 6) is 2.26. The van der Waals surface area contributed by atoms with Gasteiger partial charge < -0.3 is 19.7 Å². The molecule has 4 rings (SSSR count). The minimum atomic E-state index is 0.647. The van der Waals surface area contributed by atoms with Gasteiger partial charge in [0, 0.05) is 31.3 Å². The van der Waals surface area contributed by atoms with Gasteiger partial charge in [-0.2, -0.15) is 0 Å². The molecule has 0 amide bonds. The van der Waals surface area contributed by atoms with Crippen molar-refractivity contribution in [3.05, 3.63) is 52.4 Å². The molecule has 2 heterocycles. The number of anilines is 1. The molecule has 1 saturated heterocycles. The molecule has 1 N–H and O–H groups in total. The Morgan fingerprint density at radius 1 is 1.23 bits per heavy atom. The number of aromatic nitrogens is 1. The van der Waals surface area contributed by atoms with E-state index < -0.39 is 0 Å². The number of nitrogens with one attached hydrogen (secondary N) is 1. The van der Waals surface area contributed by atoms with Crippen LogP contribution in [0.25, 0.3) is 23.1 Å². The van der Waals surface area contributed by atoms with Crippen LogP contribution in [0.3, 0.4) is 0 Å². The zero-order chi connectivity index (χ0) is 20.9. The van der Waals surface area contributed by atoms with Crippen molar-refractivity contribution in [1.29, 1.82) is 0 Å². The molecule has 0 spiro atoms. The predicted molar refractivity (Wildman–Crippen MR) is 121 cm³/mol. The number of ether oxygens (including phenoxy) is 2. The van der Waals surface area contributed by atoms with Gasteiger partial charge in [0.15, 0.2) is 5.76 Å². The van der Waals surface area contributed by atoms with Crippen molar-refractivity contribution in [3.63, 3.8) is 0 Å². The smallest absolute Gasteiger partial charge is 0.172 e. The van der Waals surface area contributed by atoms with E-state index in [1.54, 1.807) is 7.11 Å². The number of nitrogens with zero attached hydrogens (tertiary/aromatic N) is 2. The summed E-state index contributed by atoms with van der Waals surface area (Å²) in [7, 11) is 3.57. The summed E-state index contributed by atoms with van der Waals surface area (Å²) >= 11 is 0. The third kappa shape index (κ3) is 4.29. The zero-order valence-electron chi connectivity index (χ0n) is 18.0. The van der Waals surface area contributed by atoms with Crippen LogP contribution in [0.1, 0.15) is 19.8 Å². The van der Waals surface area contributed by atoms with Gasteiger partial charge in [0.25, 0.3) is 0 Å². The van der Waals surface area contributed by atoms with Crippen LogP contribution in [0.4, 0.5) is 5.69 Å². The van der Waals surface area contributed by atoms with Crippen molar-refractivity contribution >= 4 is 17.5 Å². The molecule has 0 bridgehead atoms. The van der Waals surface area contributed by atoms with Gasteiger partial charge in [-0.1, -0.05) is 19.1 Å². The fourth-order valence-electron chi connectivity index (χ4n) is 3.95. The molecule has 5 nitrogen and oxygen atoms in total. The standard InChI is InChI=1S/C25H29N3O2/c1-4-18-11-13-28(17-18)25-16-23(27-24-15-21(29-3)9-10-22(24)25)19-5-7-20(8-6-19)30-14-12-26-2/h5-8,15-16,18,26H,4,11-14,17H2,1-3H3/t18-/m0/s1. The highest BCUT2D eigenvalue weighted by Gasteiger charge is 2.23. The number of rotatable bonds is 8. The maximum absolute atomic E-state index is 5.75. The number of pyridine rings is 1. The summed E-state index contributed by atoms with van der Waals surface area (Å²) in [6.07, 6.45) is 4.39. The van der Waals surface area contributed by atoms with Crippen LogP contribution in [0, 0.1) is 5.92 Å². The fourth-order valence-corrected chi connectivity index (χ4v) is 3.95. The lowest BCUT2D eigenvalue weighted by atomic mass is 10.1. The Labute approximate surface area is 178 Å². The highest BCUT2D eigenvalue weighted by Crippen LogP contribution is 2.26. The fraction of sp³-hybridized carbons (Fsp3) is 0.400. The first-order valence-corrected chi connectivity index (χ1v) is 10.7. The van der Waals surface area contributed by atoms with Gasteiger partial charge in [-0.3, -0.25) is 0 Å². The second-order valence-corrected chi connectivity index (χ2v) is 7.73. The van der Waals surface area contributed by atoms with Crippen LogP contribution in [-0.4, -0.2) is 45.4 Å². The highest BCUT2D eigenvalue weighted by molar-refractivity contribution is 5.68. The number of hydrogen-bond acceptors (Lipinski definition) is 5. The number of likely N-dealkylation sites (N-methyl/N-ethyl adjacent to an activating group) is 1. The number of benzene rings is 1. The molecule has 0 radical (unpaired) electrons. The summed E-state index contributed by atoms with van der Waals surface area (Å²) in [4.78, 5) is 7.39. The van der Waals surface area contributed by atoms with Crippen molar-refractivity contribution in [3.8, 4) is 17.0 Å². The lowest BCUT2D eigenvalue weighted by Crippen LogP contribution is -2.36. The third-order valence-electron chi connectivity index (χ3n) is 5.80. The molecule has 2 aliphatic rings. The Bertz CT molecular complexity index is 1090. The first kappa shape index (κ1) is 20.3. The minimum Gasteiger partial charge on any atom is -0.492 e. The summed E-state index contributed by atoms with van der Waals surface area (Å²) in [5.41, 5.74) is 9.58. The summed E-state index contributed by atoms with van der Waals surface area (Å²) < 4.78 is 11.1. The molecule has 1 aromatic heterocycles. The van der Waals surface area contributed by atoms with Gasteiger partial charge in [-0.25, -0.2) is 4.98 Å². The molecule has 0 unspecified atom stereocenters. The monoisotopic (exact) mass is 403 g/mol. The molecule has 2 aromatic rings. The minimum absolute atomic E-state index is 0.647. The van der Waals surface area contributed by atoms with E-state index in [2.05, 4.69) is 46.8 Å². The first-order valence-electron chi connectivity index (χ1n) is 10.7. The van der Waals surface area contributed by atoms with Crippen LogP contribution >= 0.6 is 0 Å². The van der Waals surface area contributed by atoms with Gasteiger partial charge >= 0.3 is 0 Å². The van der Waals surface area contributed by atoms with Crippen LogP contribution in [0.15, 0.2) is 41.8 Å². The zero-order valence-corrected chi connectivity index (χ0v) is 18.0. The van der Waals surface area contributed by atoms with E-state index in [1.165, 1.54) is 18.5 Å². The number of fused-ring (bicyclic) bond motifs is 1. The van der Waals surface area contributed by atoms with E-state index in [0.29, 0.717) is 12.4 Å². The molecular weight excluding hydrogens is 374 g/mol. The van der Waals surface area contributed by atoms with E-state index in [0.717, 1.165) is 53.1 Å². The van der Waals surface area contributed by atoms with Gasteiger partial charge in [0.1, 0.15) is 12.4 Å². The van der Waals surface area contributed by atoms with Crippen LogP contribution in [0.5, 0.6) is 5.75 Å².